The maximum atomic E-state index is 13.2. The zero-order valence-electron chi connectivity index (χ0n) is 21.3. The Labute approximate surface area is 216 Å². The molecule has 2 N–H and O–H groups in total. The van der Waals surface area contributed by atoms with Crippen LogP contribution in [0.25, 0.3) is 0 Å². The monoisotopic (exact) mass is 501 g/mol. The number of aromatic hydroxyl groups is 1. The molecule has 3 aromatic rings. The number of ether oxygens (including phenoxy) is 3. The van der Waals surface area contributed by atoms with Crippen molar-refractivity contribution < 1.29 is 28.9 Å². The topological polar surface area (TPSA) is 94.1 Å². The minimum atomic E-state index is -1.23. The Hall–Kier alpha value is -3.84. The van der Waals surface area contributed by atoms with Crippen LogP contribution in [0.5, 0.6) is 17.2 Å². The largest absolute Gasteiger partial charge is 0.508 e. The lowest BCUT2D eigenvalue weighted by atomic mass is 9.77. The van der Waals surface area contributed by atoms with Gasteiger partial charge in [-0.05, 0) is 61.6 Å². The second-order valence-electron chi connectivity index (χ2n) is 9.93. The third-order valence-corrected chi connectivity index (χ3v) is 7.07. The molecule has 192 valence electrons. The van der Waals surface area contributed by atoms with Crippen molar-refractivity contribution >= 4 is 11.9 Å². The lowest BCUT2D eigenvalue weighted by Crippen LogP contribution is -2.33. The number of carbonyl (C=O) groups excluding carboxylic acids is 2. The Balaban J connectivity index is 1.43. The summed E-state index contributed by atoms with van der Waals surface area (Å²) >= 11 is 0. The minimum absolute atomic E-state index is 0.0507. The first-order valence-electron chi connectivity index (χ1n) is 12.6. The van der Waals surface area contributed by atoms with Gasteiger partial charge in [-0.25, -0.2) is 4.79 Å². The number of esters is 1. The number of nitrogens with one attached hydrogen (secondary N) is 1. The van der Waals surface area contributed by atoms with Gasteiger partial charge in [0.15, 0.2) is 5.60 Å². The van der Waals surface area contributed by atoms with Gasteiger partial charge in [-0.2, -0.15) is 0 Å². The molecule has 0 bridgehead atoms. The summed E-state index contributed by atoms with van der Waals surface area (Å²) in [4.78, 5) is 26.1. The second-order valence-corrected chi connectivity index (χ2v) is 9.93. The summed E-state index contributed by atoms with van der Waals surface area (Å²) in [5, 5.41) is 13.0. The molecule has 7 nitrogen and oxygen atoms in total. The summed E-state index contributed by atoms with van der Waals surface area (Å²) in [6.45, 7) is 5.40. The number of methoxy groups -OCH3 is 1. The molecule has 2 aliphatic rings. The van der Waals surface area contributed by atoms with Gasteiger partial charge in [-0.1, -0.05) is 31.5 Å². The van der Waals surface area contributed by atoms with Gasteiger partial charge < -0.3 is 24.6 Å². The van der Waals surface area contributed by atoms with Gasteiger partial charge in [-0.3, -0.25) is 4.79 Å². The smallest absolute Gasteiger partial charge is 0.340 e. The Kier molecular flexibility index (Phi) is 6.65. The van der Waals surface area contributed by atoms with E-state index < -0.39 is 11.6 Å². The van der Waals surface area contributed by atoms with Crippen molar-refractivity contribution in [3.8, 4) is 17.2 Å². The van der Waals surface area contributed by atoms with E-state index in [0.29, 0.717) is 51.8 Å². The molecule has 2 heterocycles. The average molecular weight is 502 g/mol. The average Bonchev–Trinajstić information content (AvgIpc) is 3.15. The van der Waals surface area contributed by atoms with E-state index in [-0.39, 0.29) is 11.7 Å². The number of fused-ring (bicyclic) bond motifs is 6. The van der Waals surface area contributed by atoms with Crippen LogP contribution >= 0.6 is 0 Å². The van der Waals surface area contributed by atoms with Crippen molar-refractivity contribution in [1.82, 2.24) is 5.32 Å². The van der Waals surface area contributed by atoms with E-state index in [1.54, 1.807) is 37.4 Å². The van der Waals surface area contributed by atoms with Gasteiger partial charge >= 0.3 is 5.97 Å². The van der Waals surface area contributed by atoms with Crippen LogP contribution in [0.1, 0.15) is 69.2 Å². The molecule has 0 radical (unpaired) electrons. The molecule has 0 saturated carbocycles. The summed E-state index contributed by atoms with van der Waals surface area (Å²) in [7, 11) is 1.70. The summed E-state index contributed by atoms with van der Waals surface area (Å²) in [5.41, 5.74) is 2.46. The first-order chi connectivity index (χ1) is 17.8. The first-order valence-corrected chi connectivity index (χ1v) is 12.6. The van der Waals surface area contributed by atoms with Gasteiger partial charge in [0.25, 0.3) is 5.91 Å². The number of hydrogen-bond acceptors (Lipinski definition) is 6. The van der Waals surface area contributed by atoms with Crippen LogP contribution in [-0.4, -0.2) is 37.2 Å². The van der Waals surface area contributed by atoms with Crippen LogP contribution in [0.3, 0.4) is 0 Å². The van der Waals surface area contributed by atoms with E-state index in [0.717, 1.165) is 31.4 Å². The van der Waals surface area contributed by atoms with E-state index in [9.17, 15) is 14.7 Å². The molecule has 2 unspecified atom stereocenters. The van der Waals surface area contributed by atoms with Gasteiger partial charge in [0.2, 0.25) is 0 Å². The fourth-order valence-electron chi connectivity index (χ4n) is 5.25. The maximum absolute atomic E-state index is 13.2. The third kappa shape index (κ3) is 4.44. The van der Waals surface area contributed by atoms with Crippen LogP contribution in [0, 0.1) is 12.8 Å². The van der Waals surface area contributed by atoms with Crippen LogP contribution in [0.4, 0.5) is 0 Å². The van der Waals surface area contributed by atoms with E-state index in [4.69, 9.17) is 14.2 Å². The van der Waals surface area contributed by atoms with Crippen molar-refractivity contribution in [1.29, 1.82) is 0 Å². The summed E-state index contributed by atoms with van der Waals surface area (Å²) in [6.07, 6.45) is 2.91. The number of unbranched alkanes of at least 4 members (excludes halogenated alkanes) is 1. The summed E-state index contributed by atoms with van der Waals surface area (Å²) in [6, 6.07) is 15.6. The molecule has 3 aromatic carbocycles. The molecule has 2 aliphatic heterocycles. The standard InChI is InChI=1S/C30H31NO6/c1-18-7-10-24-26(14-18)36-27-16-21(32)9-12-25(27)30(24)23-11-8-20(15-22(23)29(34)37-30)28(33)31-13-5-4-6-19(2)17-35-3/h7-12,14-16,19,32H,4-6,13,17H2,1-3H3,(H,31,33). The molecular weight excluding hydrogens is 470 g/mol. The predicted molar refractivity (Wildman–Crippen MR) is 138 cm³/mol. The molecule has 1 spiro atoms. The quantitative estimate of drug-likeness (QED) is 0.315. The fraction of sp³-hybridized carbons (Fsp3) is 0.333. The number of phenolic OH excluding ortho intramolecular Hbond substituents is 1. The Morgan fingerprint density at radius 2 is 1.76 bits per heavy atom. The molecule has 0 saturated heterocycles. The number of aryl methyl sites for hydroxylation is 1. The summed E-state index contributed by atoms with van der Waals surface area (Å²) in [5.74, 6) is 0.776. The molecule has 0 fully saturated rings. The molecular formula is C30H31NO6. The lowest BCUT2D eigenvalue weighted by Gasteiger charge is -2.36. The number of hydrogen-bond donors (Lipinski definition) is 2. The molecule has 2 atom stereocenters. The molecule has 0 aliphatic carbocycles. The maximum Gasteiger partial charge on any atom is 0.340 e. The highest BCUT2D eigenvalue weighted by Gasteiger charge is 2.53. The summed E-state index contributed by atoms with van der Waals surface area (Å²) < 4.78 is 17.4. The van der Waals surface area contributed by atoms with Crippen LogP contribution in [0.2, 0.25) is 0 Å². The number of amides is 1. The highest BCUT2D eigenvalue weighted by molar-refractivity contribution is 6.01. The molecule has 0 aromatic heterocycles. The van der Waals surface area contributed by atoms with Crippen LogP contribution in [-0.2, 0) is 15.1 Å². The van der Waals surface area contributed by atoms with Crippen LogP contribution in [0.15, 0.2) is 54.6 Å². The zero-order chi connectivity index (χ0) is 26.2. The van der Waals surface area contributed by atoms with Crippen molar-refractivity contribution in [3.63, 3.8) is 0 Å². The van der Waals surface area contributed by atoms with Crippen molar-refractivity contribution in [2.24, 2.45) is 5.92 Å². The van der Waals surface area contributed by atoms with Gasteiger partial charge in [0.05, 0.1) is 5.56 Å². The van der Waals surface area contributed by atoms with Crippen molar-refractivity contribution in [3.05, 3.63) is 88.0 Å². The minimum Gasteiger partial charge on any atom is -0.508 e. The van der Waals surface area contributed by atoms with Gasteiger partial charge in [0.1, 0.15) is 17.2 Å². The molecule has 7 heteroatoms. The van der Waals surface area contributed by atoms with Gasteiger partial charge in [0, 0.05) is 48.6 Å². The van der Waals surface area contributed by atoms with E-state index in [2.05, 4.69) is 12.2 Å². The number of carbonyl (C=O) groups is 2. The van der Waals surface area contributed by atoms with Crippen molar-refractivity contribution in [2.75, 3.05) is 20.3 Å². The highest BCUT2D eigenvalue weighted by atomic mass is 16.6. The molecule has 5 rings (SSSR count). The van der Waals surface area contributed by atoms with E-state index in [1.807, 2.05) is 25.1 Å². The lowest BCUT2D eigenvalue weighted by molar-refractivity contribution is 0.0224. The number of rotatable bonds is 8. The SMILES string of the molecule is COCC(C)CCCCNC(=O)c1ccc2c(c1)C(=O)OC21c2ccc(C)cc2Oc2cc(O)ccc21. The Morgan fingerprint density at radius 3 is 2.54 bits per heavy atom. The second kappa shape index (κ2) is 9.90. The number of phenols is 1. The van der Waals surface area contributed by atoms with E-state index >= 15 is 0 Å². The number of benzene rings is 3. The first kappa shape index (κ1) is 24.8. The molecule has 37 heavy (non-hydrogen) atoms. The van der Waals surface area contributed by atoms with Gasteiger partial charge in [-0.15, -0.1) is 0 Å². The van der Waals surface area contributed by atoms with E-state index in [1.165, 1.54) is 6.07 Å². The normalized spacial score (nSPS) is 17.9. The molecule has 1 amide bonds. The Morgan fingerprint density at radius 1 is 1.03 bits per heavy atom. The third-order valence-electron chi connectivity index (χ3n) is 7.07. The van der Waals surface area contributed by atoms with Crippen LogP contribution < -0.4 is 10.1 Å². The van der Waals surface area contributed by atoms with Crippen molar-refractivity contribution in [2.45, 2.75) is 38.7 Å². The fourth-order valence-corrected chi connectivity index (χ4v) is 5.25. The highest BCUT2D eigenvalue weighted by Crippen LogP contribution is 2.56. The zero-order valence-corrected chi connectivity index (χ0v) is 21.3. The Bertz CT molecular complexity index is 1310. The predicted octanol–water partition coefficient (Wildman–Crippen LogP) is 5.45.